The molecule has 0 spiro atoms. The second kappa shape index (κ2) is 7.51. The van der Waals surface area contributed by atoms with Crippen molar-refractivity contribution in [3.8, 4) is 0 Å². The maximum Gasteiger partial charge on any atom is 0.256 e. The summed E-state index contributed by atoms with van der Waals surface area (Å²) in [5.74, 6) is -0.771. The summed E-state index contributed by atoms with van der Waals surface area (Å²) in [4.78, 5) is 16.6. The number of benzene rings is 1. The summed E-state index contributed by atoms with van der Waals surface area (Å²) >= 11 is 0. The van der Waals surface area contributed by atoms with Gasteiger partial charge in [-0.1, -0.05) is 25.1 Å². The lowest BCUT2D eigenvalue weighted by Gasteiger charge is -2.28. The molecule has 3 aromatic rings. The highest BCUT2D eigenvalue weighted by molar-refractivity contribution is 6.05. The second-order valence-corrected chi connectivity index (χ2v) is 7.14. The molecule has 2 aromatic heterocycles. The maximum absolute atomic E-state index is 15.0. The minimum atomic E-state index is -1.45. The van der Waals surface area contributed by atoms with Crippen LogP contribution in [0.2, 0.25) is 0 Å². The third-order valence-electron chi connectivity index (χ3n) is 5.53. The normalized spacial score (nSPS) is 23.4. The van der Waals surface area contributed by atoms with E-state index in [-0.39, 0.29) is 11.7 Å². The molecule has 1 aromatic carbocycles. The number of aromatic nitrogens is 3. The number of carbonyl (C=O) groups is 1. The Bertz CT molecular complexity index is 1020. The number of halogens is 1. The van der Waals surface area contributed by atoms with Crippen LogP contribution in [0.4, 0.5) is 10.2 Å². The van der Waals surface area contributed by atoms with Crippen LogP contribution in [0.25, 0.3) is 5.52 Å². The number of ether oxygens (including phenoxy) is 1. The van der Waals surface area contributed by atoms with Gasteiger partial charge in [0.25, 0.3) is 5.91 Å². The maximum atomic E-state index is 15.0. The summed E-state index contributed by atoms with van der Waals surface area (Å²) in [6.07, 6.45) is -1.22. The van der Waals surface area contributed by atoms with Gasteiger partial charge in [0, 0.05) is 11.5 Å². The van der Waals surface area contributed by atoms with Gasteiger partial charge in [-0.15, -0.1) is 0 Å². The summed E-state index contributed by atoms with van der Waals surface area (Å²) in [6, 6.07) is 12.0. The number of aliphatic hydroxyl groups excluding tert-OH is 2. The van der Waals surface area contributed by atoms with Crippen LogP contribution in [0.3, 0.4) is 0 Å². The largest absolute Gasteiger partial charge is 0.393 e. The van der Waals surface area contributed by atoms with E-state index >= 15 is 0 Å². The molecule has 1 aliphatic heterocycles. The molecule has 1 fully saturated rings. The van der Waals surface area contributed by atoms with Gasteiger partial charge in [0.05, 0.1) is 18.9 Å². The first kappa shape index (κ1) is 19.4. The van der Waals surface area contributed by atoms with Crippen molar-refractivity contribution < 1.29 is 24.1 Å². The lowest BCUT2D eigenvalue weighted by Crippen LogP contribution is -2.43. The van der Waals surface area contributed by atoms with Crippen molar-refractivity contribution in [2.24, 2.45) is 5.92 Å². The average molecular weight is 400 g/mol. The fourth-order valence-corrected chi connectivity index (χ4v) is 3.65. The van der Waals surface area contributed by atoms with Crippen molar-refractivity contribution >= 4 is 17.2 Å². The highest BCUT2D eigenvalue weighted by atomic mass is 19.1. The number of alkyl halides is 1. The van der Waals surface area contributed by atoms with Gasteiger partial charge in [0.2, 0.25) is 0 Å². The molecule has 152 valence electrons. The molecule has 0 radical (unpaired) electrons. The van der Waals surface area contributed by atoms with Crippen LogP contribution in [0.1, 0.15) is 29.1 Å². The van der Waals surface area contributed by atoms with E-state index in [1.54, 1.807) is 43.3 Å². The zero-order chi connectivity index (χ0) is 20.6. The zero-order valence-corrected chi connectivity index (χ0v) is 15.7. The van der Waals surface area contributed by atoms with Crippen LogP contribution in [0, 0.1) is 5.92 Å². The first-order valence-corrected chi connectivity index (χ1v) is 9.23. The van der Waals surface area contributed by atoms with Crippen LogP contribution < -0.4 is 5.32 Å². The third-order valence-corrected chi connectivity index (χ3v) is 5.53. The van der Waals surface area contributed by atoms with Crippen molar-refractivity contribution in [3.63, 3.8) is 0 Å². The van der Waals surface area contributed by atoms with E-state index in [2.05, 4.69) is 15.4 Å². The number of hydrogen-bond donors (Lipinski definition) is 3. The Balaban J connectivity index is 1.67. The third kappa shape index (κ3) is 3.17. The first-order chi connectivity index (χ1) is 14.0. The molecule has 0 bridgehead atoms. The number of carbonyl (C=O) groups excluding carboxylic acids is 1. The van der Waals surface area contributed by atoms with Gasteiger partial charge in [0.1, 0.15) is 29.7 Å². The molecule has 3 N–H and O–H groups in total. The van der Waals surface area contributed by atoms with Gasteiger partial charge >= 0.3 is 0 Å². The van der Waals surface area contributed by atoms with Crippen LogP contribution in [-0.4, -0.2) is 55.7 Å². The van der Waals surface area contributed by atoms with Crippen LogP contribution in [-0.2, 0) is 4.74 Å². The Morgan fingerprint density at radius 3 is 2.62 bits per heavy atom. The van der Waals surface area contributed by atoms with Gasteiger partial charge in [-0.25, -0.2) is 13.9 Å². The average Bonchev–Trinajstić information content (AvgIpc) is 3.29. The number of nitrogens with zero attached hydrogens (tertiary/aromatic N) is 3. The van der Waals surface area contributed by atoms with Gasteiger partial charge in [-0.2, -0.15) is 5.10 Å². The highest BCUT2D eigenvalue weighted by Crippen LogP contribution is 2.45. The monoisotopic (exact) mass is 400 g/mol. The highest BCUT2D eigenvalue weighted by Gasteiger charge is 2.54. The van der Waals surface area contributed by atoms with Gasteiger partial charge in [-0.05, 0) is 24.3 Å². The van der Waals surface area contributed by atoms with E-state index in [1.807, 2.05) is 6.07 Å². The van der Waals surface area contributed by atoms with Crippen molar-refractivity contribution in [2.45, 2.75) is 24.8 Å². The molecular weight excluding hydrogens is 379 g/mol. The van der Waals surface area contributed by atoms with Crippen molar-refractivity contribution in [1.29, 1.82) is 0 Å². The van der Waals surface area contributed by atoms with E-state index in [0.29, 0.717) is 16.8 Å². The Hall–Kier alpha value is -2.88. The lowest BCUT2D eigenvalue weighted by molar-refractivity contribution is -0.118. The van der Waals surface area contributed by atoms with E-state index in [0.717, 1.165) is 0 Å². The number of fused-ring (bicyclic) bond motifs is 1. The Kier molecular flexibility index (Phi) is 5.03. The molecule has 0 saturated carbocycles. The topological polar surface area (TPSA) is 109 Å². The molecule has 8 nitrogen and oxygen atoms in total. The van der Waals surface area contributed by atoms with Gasteiger partial charge < -0.3 is 20.3 Å². The molecule has 0 aliphatic carbocycles. The molecule has 3 heterocycles. The van der Waals surface area contributed by atoms with E-state index in [1.165, 1.54) is 10.8 Å². The summed E-state index contributed by atoms with van der Waals surface area (Å²) in [6.45, 7) is 0.587. The van der Waals surface area contributed by atoms with Crippen LogP contribution in [0.5, 0.6) is 0 Å². The fraction of sp³-hybridized carbons (Fsp3) is 0.350. The molecule has 0 unspecified atom stereocenters. The van der Waals surface area contributed by atoms with E-state index < -0.39 is 37.0 Å². The fourth-order valence-electron chi connectivity index (χ4n) is 3.65. The number of rotatable bonds is 5. The molecular formula is C20H21FN4O4. The molecule has 1 saturated heterocycles. The number of aliphatic hydroxyl groups is 2. The Labute approximate surface area is 166 Å². The zero-order valence-electron chi connectivity index (χ0n) is 15.7. The summed E-state index contributed by atoms with van der Waals surface area (Å²) < 4.78 is 22.2. The van der Waals surface area contributed by atoms with E-state index in [4.69, 9.17) is 4.74 Å². The molecule has 1 aliphatic rings. The van der Waals surface area contributed by atoms with Crippen LogP contribution in [0.15, 0.2) is 48.8 Å². The quantitative estimate of drug-likeness (QED) is 0.602. The van der Waals surface area contributed by atoms with E-state index in [9.17, 15) is 19.4 Å². The Morgan fingerprint density at radius 2 is 1.97 bits per heavy atom. The number of amides is 1. The standard InChI is InChI=1S/C20H21FN4O4/c1-12-16(21)17(29-20(12,9-26)10-27)14-7-8-15-18(22-11-23-25(14)15)24-19(28)13-5-3-2-4-6-13/h2-8,11-12,16-17,26-27H,9-10H2,1H3,(H,22,23,24,28)/t12-,16+,17-/m0/s1. The predicted octanol–water partition coefficient (Wildman–Crippen LogP) is 1.75. The smallest absolute Gasteiger partial charge is 0.256 e. The minimum Gasteiger partial charge on any atom is -0.393 e. The molecule has 4 rings (SSSR count). The first-order valence-electron chi connectivity index (χ1n) is 9.23. The SMILES string of the molecule is C[C@H]1[C@@H](F)[C@H](c2ccc3c(NC(=O)c4ccccc4)ncnn23)OC1(CO)CO. The Morgan fingerprint density at radius 1 is 1.24 bits per heavy atom. The second-order valence-electron chi connectivity index (χ2n) is 7.14. The molecule has 1 amide bonds. The summed E-state index contributed by atoms with van der Waals surface area (Å²) in [7, 11) is 0. The number of hydrogen-bond acceptors (Lipinski definition) is 6. The number of anilines is 1. The van der Waals surface area contributed by atoms with Crippen molar-refractivity contribution in [2.75, 3.05) is 18.5 Å². The summed E-state index contributed by atoms with van der Waals surface area (Å²) in [5, 5.41) is 26.2. The summed E-state index contributed by atoms with van der Waals surface area (Å²) in [5.41, 5.74) is -0.0176. The van der Waals surface area contributed by atoms with Crippen molar-refractivity contribution in [1.82, 2.24) is 14.6 Å². The minimum absolute atomic E-state index is 0.275. The molecule has 9 heteroatoms. The van der Waals surface area contributed by atoms with Gasteiger partial charge in [0.15, 0.2) is 5.82 Å². The molecule has 3 atom stereocenters. The number of nitrogens with one attached hydrogen (secondary N) is 1. The van der Waals surface area contributed by atoms with Gasteiger partial charge in [-0.3, -0.25) is 4.79 Å². The van der Waals surface area contributed by atoms with Crippen molar-refractivity contribution in [3.05, 3.63) is 60.0 Å². The predicted molar refractivity (Wildman–Crippen MR) is 102 cm³/mol. The molecule has 29 heavy (non-hydrogen) atoms. The lowest BCUT2D eigenvalue weighted by atomic mass is 9.88. The van der Waals surface area contributed by atoms with Crippen LogP contribution >= 0.6 is 0 Å².